The van der Waals surface area contributed by atoms with E-state index < -0.39 is 5.85 Å². The summed E-state index contributed by atoms with van der Waals surface area (Å²) in [6, 6.07) is 11.4. The molecule has 6 heteroatoms. The summed E-state index contributed by atoms with van der Waals surface area (Å²) in [4.78, 5) is 11.8. The Morgan fingerprint density at radius 1 is 1.06 bits per heavy atom. The number of nitrogen functional groups attached to an aromatic ring is 1. The molecule has 0 saturated heterocycles. The van der Waals surface area contributed by atoms with E-state index in [0.717, 1.165) is 0 Å². The molecule has 2 rings (SSSR count). The van der Waals surface area contributed by atoms with E-state index in [1.54, 1.807) is 24.3 Å². The normalized spacial score (nSPS) is 11.5. The second-order valence-electron chi connectivity index (χ2n) is 3.97. The third kappa shape index (κ3) is 2.12. The van der Waals surface area contributed by atoms with Crippen LogP contribution in [-0.2, 0) is 5.85 Å². The fourth-order valence-electron chi connectivity index (χ4n) is 1.74. The third-order valence-corrected chi connectivity index (χ3v) is 2.58. The molecule has 0 aliphatic heterocycles. The smallest absolute Gasteiger partial charge is 0.256 e. The van der Waals surface area contributed by atoms with Gasteiger partial charge in [-0.05, 0) is 18.2 Å². The molecule has 0 fully saturated rings. The zero-order valence-corrected chi connectivity index (χ0v) is 9.58. The van der Waals surface area contributed by atoms with Crippen molar-refractivity contribution in [3.63, 3.8) is 0 Å². The van der Waals surface area contributed by atoms with Gasteiger partial charge >= 0.3 is 0 Å². The number of nitrogens with zero attached hydrogens (tertiary/aromatic N) is 1. The van der Waals surface area contributed by atoms with E-state index in [9.17, 15) is 9.90 Å². The molecule has 94 valence electrons. The van der Waals surface area contributed by atoms with Gasteiger partial charge in [0.2, 0.25) is 0 Å². The number of para-hydroxylation sites is 1. The van der Waals surface area contributed by atoms with Crippen molar-refractivity contribution >= 4 is 5.82 Å². The third-order valence-electron chi connectivity index (χ3n) is 2.58. The Bertz CT molecular complexity index is 614. The number of benzene rings is 1. The van der Waals surface area contributed by atoms with E-state index in [-0.39, 0.29) is 16.9 Å². The first-order valence-corrected chi connectivity index (χ1v) is 5.29. The van der Waals surface area contributed by atoms with Gasteiger partial charge in [-0.3, -0.25) is 20.8 Å². The van der Waals surface area contributed by atoms with E-state index in [0.29, 0.717) is 5.69 Å². The van der Waals surface area contributed by atoms with Crippen LogP contribution in [0.3, 0.4) is 0 Å². The maximum absolute atomic E-state index is 11.8. The van der Waals surface area contributed by atoms with Crippen LogP contribution in [0.5, 0.6) is 0 Å². The largest absolute Gasteiger partial charge is 0.384 e. The van der Waals surface area contributed by atoms with E-state index >= 15 is 0 Å². The predicted octanol–water partition coefficient (Wildman–Crippen LogP) is -0.560. The Hall–Kier alpha value is -2.15. The van der Waals surface area contributed by atoms with Crippen LogP contribution < -0.4 is 22.8 Å². The summed E-state index contributed by atoms with van der Waals surface area (Å²) in [5.41, 5.74) is 17.0. The first-order valence-electron chi connectivity index (χ1n) is 5.29. The highest BCUT2D eigenvalue weighted by molar-refractivity contribution is 5.50. The molecule has 0 aliphatic carbocycles. The summed E-state index contributed by atoms with van der Waals surface area (Å²) in [5, 5.41) is 9.59. The average Bonchev–Trinajstić information content (AvgIpc) is 2.28. The number of aliphatic hydroxyl groups is 1. The Morgan fingerprint density at radius 2 is 1.67 bits per heavy atom. The molecule has 1 heterocycles. The van der Waals surface area contributed by atoms with Crippen molar-refractivity contribution in [2.45, 2.75) is 5.85 Å². The molecule has 0 unspecified atom stereocenters. The number of rotatable bonds is 2. The molecule has 0 spiro atoms. The number of hydrogen-bond acceptors (Lipinski definition) is 5. The van der Waals surface area contributed by atoms with Crippen LogP contribution in [0.1, 0.15) is 5.56 Å². The maximum Gasteiger partial charge on any atom is 0.256 e. The van der Waals surface area contributed by atoms with E-state index in [1.165, 1.54) is 16.7 Å². The molecule has 18 heavy (non-hydrogen) atoms. The molecule has 6 nitrogen and oxygen atoms in total. The molecule has 0 amide bonds. The summed E-state index contributed by atoms with van der Waals surface area (Å²) >= 11 is 0. The zero-order valence-electron chi connectivity index (χ0n) is 9.58. The highest BCUT2D eigenvalue weighted by Crippen LogP contribution is 2.19. The van der Waals surface area contributed by atoms with Gasteiger partial charge in [-0.1, -0.05) is 18.2 Å². The predicted molar refractivity (Wildman–Crippen MR) is 68.7 cm³/mol. The van der Waals surface area contributed by atoms with Crippen molar-refractivity contribution in [1.82, 2.24) is 4.57 Å². The monoisotopic (exact) mass is 246 g/mol. The molecule has 1 aromatic heterocycles. The van der Waals surface area contributed by atoms with E-state index in [2.05, 4.69) is 0 Å². The molecule has 0 aliphatic rings. The summed E-state index contributed by atoms with van der Waals surface area (Å²) in [6.45, 7) is 0. The van der Waals surface area contributed by atoms with Crippen LogP contribution in [-0.4, -0.2) is 9.67 Å². The van der Waals surface area contributed by atoms with Gasteiger partial charge in [0.1, 0.15) is 5.82 Å². The minimum absolute atomic E-state index is 0.0150. The first-order chi connectivity index (χ1) is 8.41. The number of hydrogen-bond donors (Lipinski definition) is 4. The van der Waals surface area contributed by atoms with Crippen molar-refractivity contribution in [3.8, 4) is 5.69 Å². The minimum Gasteiger partial charge on any atom is -0.384 e. The molecule has 0 radical (unpaired) electrons. The topological polar surface area (TPSA) is 120 Å². The van der Waals surface area contributed by atoms with Gasteiger partial charge in [-0.25, -0.2) is 0 Å². The fourth-order valence-corrected chi connectivity index (χ4v) is 1.74. The van der Waals surface area contributed by atoms with Crippen molar-refractivity contribution in [3.05, 3.63) is 58.4 Å². The first kappa shape index (κ1) is 12.3. The number of anilines is 1. The van der Waals surface area contributed by atoms with Gasteiger partial charge in [0.15, 0.2) is 5.85 Å². The molecule has 7 N–H and O–H groups in total. The summed E-state index contributed by atoms with van der Waals surface area (Å²) in [5.74, 6) is -2.07. The van der Waals surface area contributed by atoms with Crippen LogP contribution in [0.2, 0.25) is 0 Å². The second kappa shape index (κ2) is 4.26. The number of nitrogens with two attached hydrogens (primary N) is 3. The lowest BCUT2D eigenvalue weighted by Gasteiger charge is -2.21. The van der Waals surface area contributed by atoms with Gasteiger partial charge in [0, 0.05) is 6.07 Å². The van der Waals surface area contributed by atoms with Gasteiger partial charge in [0.05, 0.1) is 11.3 Å². The van der Waals surface area contributed by atoms with Crippen molar-refractivity contribution < 1.29 is 5.11 Å². The van der Waals surface area contributed by atoms with Gasteiger partial charge in [0.25, 0.3) is 5.56 Å². The lowest BCUT2D eigenvalue weighted by atomic mass is 10.1. The van der Waals surface area contributed by atoms with Crippen LogP contribution in [0, 0.1) is 0 Å². The molecule has 0 saturated carbocycles. The Labute approximate surface area is 103 Å². The lowest BCUT2D eigenvalue weighted by Crippen LogP contribution is -2.47. The molecule has 2 aromatic rings. The summed E-state index contributed by atoms with van der Waals surface area (Å²) < 4.78 is 1.24. The minimum atomic E-state index is -2.09. The Morgan fingerprint density at radius 3 is 2.22 bits per heavy atom. The summed E-state index contributed by atoms with van der Waals surface area (Å²) in [7, 11) is 0. The van der Waals surface area contributed by atoms with Gasteiger partial charge in [-0.2, -0.15) is 0 Å². The van der Waals surface area contributed by atoms with Crippen LogP contribution in [0.15, 0.2) is 47.3 Å². The maximum atomic E-state index is 11.8. The second-order valence-corrected chi connectivity index (χ2v) is 3.97. The molecule has 1 aromatic carbocycles. The zero-order chi connectivity index (χ0) is 13.3. The quantitative estimate of drug-likeness (QED) is 0.529. The Balaban J connectivity index is 2.73. The average molecular weight is 246 g/mol. The lowest BCUT2D eigenvalue weighted by molar-refractivity contribution is 0.0512. The summed E-state index contributed by atoms with van der Waals surface area (Å²) in [6.07, 6.45) is 0. The molecule has 0 bridgehead atoms. The van der Waals surface area contributed by atoms with E-state index in [4.69, 9.17) is 17.2 Å². The van der Waals surface area contributed by atoms with Crippen LogP contribution in [0.25, 0.3) is 5.69 Å². The van der Waals surface area contributed by atoms with Crippen molar-refractivity contribution in [2.75, 3.05) is 5.73 Å². The van der Waals surface area contributed by atoms with Crippen molar-refractivity contribution in [1.29, 1.82) is 0 Å². The Kier molecular flexibility index (Phi) is 2.92. The standard InChI is InChI=1S/C12H14N4O2/c13-11-9(12(14,15)18)6-7-10(17)16(11)8-4-2-1-3-5-8/h1-7,18H,13-15H2. The molecular weight excluding hydrogens is 232 g/mol. The van der Waals surface area contributed by atoms with E-state index in [1.807, 2.05) is 6.07 Å². The van der Waals surface area contributed by atoms with Crippen LogP contribution in [0.4, 0.5) is 5.82 Å². The SMILES string of the molecule is Nc1c(C(N)(N)O)ccc(=O)n1-c1ccccc1. The highest BCUT2D eigenvalue weighted by atomic mass is 16.3. The van der Waals surface area contributed by atoms with Gasteiger partial charge in [-0.15, -0.1) is 0 Å². The van der Waals surface area contributed by atoms with Crippen molar-refractivity contribution in [2.24, 2.45) is 11.5 Å². The number of aromatic nitrogens is 1. The molecular formula is C12H14N4O2. The number of pyridine rings is 1. The van der Waals surface area contributed by atoms with Crippen LogP contribution >= 0.6 is 0 Å². The van der Waals surface area contributed by atoms with Gasteiger partial charge < -0.3 is 10.8 Å². The highest BCUT2D eigenvalue weighted by Gasteiger charge is 2.23. The fraction of sp³-hybridized carbons (Fsp3) is 0.0833. The molecule has 0 atom stereocenters.